The van der Waals surface area contributed by atoms with Crippen LogP contribution in [0.5, 0.6) is 5.75 Å². The molecule has 22 heavy (non-hydrogen) atoms. The summed E-state index contributed by atoms with van der Waals surface area (Å²) in [7, 11) is 0. The minimum absolute atomic E-state index is 0.0209. The molecule has 120 valence electrons. The molecule has 5 nitrogen and oxygen atoms in total. The van der Waals surface area contributed by atoms with Crippen LogP contribution in [0.2, 0.25) is 0 Å². The second-order valence-corrected chi connectivity index (χ2v) is 5.04. The van der Waals surface area contributed by atoms with Gasteiger partial charge in [0.1, 0.15) is 5.75 Å². The van der Waals surface area contributed by atoms with Crippen LogP contribution in [0.15, 0.2) is 29.4 Å². The molecule has 1 amide bonds. The smallest absolute Gasteiger partial charge is 0.438 e. The van der Waals surface area contributed by atoms with Gasteiger partial charge in [0.2, 0.25) is 0 Å². The average molecular weight is 316 g/mol. The molecule has 1 aromatic rings. The van der Waals surface area contributed by atoms with Crippen molar-refractivity contribution in [2.75, 3.05) is 0 Å². The number of halogens is 3. The molecule has 0 fully saturated rings. The van der Waals surface area contributed by atoms with E-state index in [0.717, 1.165) is 0 Å². The maximum Gasteiger partial charge on any atom is 0.438 e. The standard InChI is InChI=1S/C14H15F3N2O3/c1-2-5-9-8-13(22,14(15,16)17)19(18-9)12(21)10-6-3-4-7-11(10)20/h3-4,6-7,20,22H,2,5,8H2,1H3. The van der Waals surface area contributed by atoms with E-state index in [-0.39, 0.29) is 22.7 Å². The number of nitrogens with zero attached hydrogens (tertiary/aromatic N) is 2. The number of rotatable bonds is 3. The number of carbonyl (C=O) groups excluding carboxylic acids is 1. The highest BCUT2D eigenvalue weighted by Gasteiger charge is 2.63. The summed E-state index contributed by atoms with van der Waals surface area (Å²) < 4.78 is 39.6. The summed E-state index contributed by atoms with van der Waals surface area (Å²) >= 11 is 0. The maximum absolute atomic E-state index is 13.2. The van der Waals surface area contributed by atoms with Gasteiger partial charge in [-0.1, -0.05) is 25.5 Å². The highest BCUT2D eigenvalue weighted by atomic mass is 19.4. The van der Waals surface area contributed by atoms with Crippen LogP contribution in [0.4, 0.5) is 13.2 Å². The van der Waals surface area contributed by atoms with E-state index in [1.165, 1.54) is 24.3 Å². The zero-order valence-corrected chi connectivity index (χ0v) is 11.8. The van der Waals surface area contributed by atoms with Crippen molar-refractivity contribution in [1.82, 2.24) is 5.01 Å². The number of phenols is 1. The lowest BCUT2D eigenvalue weighted by molar-refractivity contribution is -0.297. The Hall–Kier alpha value is -2.09. The third-order valence-electron chi connectivity index (χ3n) is 3.36. The van der Waals surface area contributed by atoms with E-state index in [1.807, 2.05) is 0 Å². The molecule has 0 aromatic heterocycles. The van der Waals surface area contributed by atoms with Gasteiger partial charge >= 0.3 is 6.18 Å². The Bertz CT molecular complexity index is 616. The number of phenolic OH excluding ortho intramolecular Hbond substituents is 1. The SMILES string of the molecule is CCCC1=NN(C(=O)c2ccccc2O)C(O)(C(F)(F)F)C1. The molecule has 1 heterocycles. The molecule has 0 saturated heterocycles. The van der Waals surface area contributed by atoms with E-state index >= 15 is 0 Å². The van der Waals surface area contributed by atoms with Crippen molar-refractivity contribution < 1.29 is 28.2 Å². The van der Waals surface area contributed by atoms with Crippen molar-refractivity contribution in [2.45, 2.75) is 38.1 Å². The Morgan fingerprint density at radius 2 is 2.05 bits per heavy atom. The van der Waals surface area contributed by atoms with E-state index in [4.69, 9.17) is 0 Å². The zero-order chi connectivity index (χ0) is 16.5. The van der Waals surface area contributed by atoms with Crippen molar-refractivity contribution in [1.29, 1.82) is 0 Å². The third-order valence-corrected chi connectivity index (χ3v) is 3.36. The third kappa shape index (κ3) is 2.66. The van der Waals surface area contributed by atoms with Crippen molar-refractivity contribution in [3.8, 4) is 5.75 Å². The largest absolute Gasteiger partial charge is 0.507 e. The predicted molar refractivity (Wildman–Crippen MR) is 72.2 cm³/mol. The molecule has 8 heteroatoms. The maximum atomic E-state index is 13.2. The molecule has 1 aromatic carbocycles. The number of alkyl halides is 3. The Morgan fingerprint density at radius 3 is 2.59 bits per heavy atom. The van der Waals surface area contributed by atoms with E-state index in [0.29, 0.717) is 6.42 Å². The van der Waals surface area contributed by atoms with Crippen LogP contribution >= 0.6 is 0 Å². The van der Waals surface area contributed by atoms with Gasteiger partial charge in [-0.3, -0.25) is 4.79 Å². The van der Waals surface area contributed by atoms with Gasteiger partial charge in [-0.05, 0) is 18.6 Å². The highest BCUT2D eigenvalue weighted by Crippen LogP contribution is 2.42. The van der Waals surface area contributed by atoms with Gasteiger partial charge in [0.25, 0.3) is 11.6 Å². The molecule has 1 aliphatic heterocycles. The summed E-state index contributed by atoms with van der Waals surface area (Å²) in [6.45, 7) is 1.75. The number of benzene rings is 1. The average Bonchev–Trinajstić information content (AvgIpc) is 2.77. The van der Waals surface area contributed by atoms with Crippen molar-refractivity contribution >= 4 is 11.6 Å². The Labute approximate surface area is 124 Å². The molecule has 0 saturated carbocycles. The number of amides is 1. The summed E-state index contributed by atoms with van der Waals surface area (Å²) in [6, 6.07) is 5.17. The molecule has 1 unspecified atom stereocenters. The van der Waals surface area contributed by atoms with Gasteiger partial charge < -0.3 is 10.2 Å². The lowest BCUT2D eigenvalue weighted by Gasteiger charge is -2.32. The number of para-hydroxylation sites is 1. The van der Waals surface area contributed by atoms with Crippen molar-refractivity contribution in [3.63, 3.8) is 0 Å². The first kappa shape index (κ1) is 16.3. The molecular formula is C14H15F3N2O3. The van der Waals surface area contributed by atoms with Crippen LogP contribution in [0.1, 0.15) is 36.5 Å². The van der Waals surface area contributed by atoms with Crippen LogP contribution in [0.3, 0.4) is 0 Å². The van der Waals surface area contributed by atoms with Gasteiger partial charge in [-0.25, -0.2) is 0 Å². The lowest BCUT2D eigenvalue weighted by atomic mass is 10.0. The Morgan fingerprint density at radius 1 is 1.41 bits per heavy atom. The van der Waals surface area contributed by atoms with E-state index in [2.05, 4.69) is 5.10 Å². The van der Waals surface area contributed by atoms with Crippen molar-refractivity contribution in [3.05, 3.63) is 29.8 Å². The number of hydrazone groups is 1. The van der Waals surface area contributed by atoms with Crippen LogP contribution in [0.25, 0.3) is 0 Å². The first-order valence-electron chi connectivity index (χ1n) is 6.68. The van der Waals surface area contributed by atoms with Gasteiger partial charge in [-0.2, -0.15) is 23.3 Å². The molecule has 0 bridgehead atoms. The second-order valence-electron chi connectivity index (χ2n) is 5.04. The summed E-state index contributed by atoms with van der Waals surface area (Å²) in [5.41, 5.74) is -3.66. The Balaban J connectivity index is 2.44. The molecule has 1 aliphatic rings. The topological polar surface area (TPSA) is 73.1 Å². The van der Waals surface area contributed by atoms with E-state index in [9.17, 15) is 28.2 Å². The predicted octanol–water partition coefficient (Wildman–Crippen LogP) is 2.65. The Kier molecular flexibility index (Phi) is 4.15. The van der Waals surface area contributed by atoms with E-state index in [1.54, 1.807) is 6.92 Å². The number of hydrogen-bond acceptors (Lipinski definition) is 4. The van der Waals surface area contributed by atoms with Gasteiger partial charge in [-0.15, -0.1) is 0 Å². The quantitative estimate of drug-likeness (QED) is 0.900. The van der Waals surface area contributed by atoms with Crippen LogP contribution in [-0.2, 0) is 0 Å². The number of aliphatic hydroxyl groups is 1. The fraction of sp³-hybridized carbons (Fsp3) is 0.429. The minimum atomic E-state index is -5.06. The van der Waals surface area contributed by atoms with Gasteiger partial charge in [0.05, 0.1) is 5.56 Å². The molecule has 1 atom stereocenters. The fourth-order valence-corrected chi connectivity index (χ4v) is 2.25. The molecule has 2 rings (SSSR count). The summed E-state index contributed by atoms with van der Waals surface area (Å²) in [4.78, 5) is 12.3. The zero-order valence-electron chi connectivity index (χ0n) is 11.8. The number of carbonyl (C=O) groups is 1. The molecule has 0 aliphatic carbocycles. The van der Waals surface area contributed by atoms with Crippen LogP contribution in [0, 0.1) is 0 Å². The molecule has 0 spiro atoms. The minimum Gasteiger partial charge on any atom is -0.507 e. The fourth-order valence-electron chi connectivity index (χ4n) is 2.25. The normalized spacial score (nSPS) is 21.9. The lowest BCUT2D eigenvalue weighted by Crippen LogP contribution is -2.56. The second kappa shape index (κ2) is 5.60. The molecular weight excluding hydrogens is 301 g/mol. The van der Waals surface area contributed by atoms with Crippen LogP contribution < -0.4 is 0 Å². The van der Waals surface area contributed by atoms with Crippen LogP contribution in [-0.4, -0.2) is 38.7 Å². The molecule has 0 radical (unpaired) electrons. The monoisotopic (exact) mass is 316 g/mol. The van der Waals surface area contributed by atoms with Gasteiger partial charge in [0.15, 0.2) is 0 Å². The summed E-state index contributed by atoms with van der Waals surface area (Å²) in [6.07, 6.45) is -5.08. The van der Waals surface area contributed by atoms with Gasteiger partial charge in [0, 0.05) is 12.1 Å². The number of aromatic hydroxyl groups is 1. The first-order chi connectivity index (χ1) is 10.2. The first-order valence-corrected chi connectivity index (χ1v) is 6.68. The van der Waals surface area contributed by atoms with Crippen molar-refractivity contribution in [2.24, 2.45) is 5.10 Å². The summed E-state index contributed by atoms with van der Waals surface area (Å²) in [5, 5.41) is 23.3. The molecule has 2 N–H and O–H groups in total. The highest BCUT2D eigenvalue weighted by molar-refractivity contribution is 6.00. The summed E-state index contributed by atoms with van der Waals surface area (Å²) in [5.74, 6) is -1.68. The van der Waals surface area contributed by atoms with E-state index < -0.39 is 30.0 Å². The number of hydrogen-bond donors (Lipinski definition) is 2.